The van der Waals surface area contributed by atoms with Gasteiger partial charge in [-0.3, -0.25) is 14.7 Å². The van der Waals surface area contributed by atoms with Crippen molar-refractivity contribution in [3.8, 4) is 0 Å². The molecule has 0 aliphatic carbocycles. The van der Waals surface area contributed by atoms with Gasteiger partial charge in [0.2, 0.25) is 0 Å². The van der Waals surface area contributed by atoms with E-state index in [1.54, 1.807) is 4.57 Å². The Hall–Kier alpha value is -0.673. The summed E-state index contributed by atoms with van der Waals surface area (Å²) in [4.78, 5) is 14.5. The SMILES string of the molecule is C[Si](C)(C)CCOCn1c(Cl)c(Br)c2c(Cl)c([N+](=O)[O-])cnc21. The lowest BCUT2D eigenvalue weighted by Crippen LogP contribution is -2.22. The summed E-state index contributed by atoms with van der Waals surface area (Å²) in [5.41, 5.74) is 0.193. The Kier molecular flexibility index (Phi) is 5.73. The van der Waals surface area contributed by atoms with Gasteiger partial charge in [-0.1, -0.05) is 42.8 Å². The third-order valence-corrected chi connectivity index (χ3v) is 6.76. The zero-order valence-electron chi connectivity index (χ0n) is 12.9. The van der Waals surface area contributed by atoms with Crippen LogP contribution in [-0.2, 0) is 11.5 Å². The molecule has 0 saturated heterocycles. The lowest BCUT2D eigenvalue weighted by atomic mass is 10.3. The van der Waals surface area contributed by atoms with E-state index in [4.69, 9.17) is 27.9 Å². The highest BCUT2D eigenvalue weighted by Gasteiger charge is 2.24. The number of hydrogen-bond donors (Lipinski definition) is 0. The van der Waals surface area contributed by atoms with Crippen molar-refractivity contribution in [2.45, 2.75) is 32.4 Å². The van der Waals surface area contributed by atoms with Crippen molar-refractivity contribution in [2.24, 2.45) is 0 Å². The van der Waals surface area contributed by atoms with Crippen LogP contribution in [0.25, 0.3) is 11.0 Å². The smallest absolute Gasteiger partial charge is 0.306 e. The third kappa shape index (κ3) is 4.05. The van der Waals surface area contributed by atoms with Crippen molar-refractivity contribution in [3.63, 3.8) is 0 Å². The van der Waals surface area contributed by atoms with Crippen LogP contribution < -0.4 is 0 Å². The second kappa shape index (κ2) is 7.06. The average molecular weight is 441 g/mol. The molecule has 0 amide bonds. The van der Waals surface area contributed by atoms with Crippen LogP contribution >= 0.6 is 39.1 Å². The zero-order valence-corrected chi connectivity index (χ0v) is 17.0. The molecule has 10 heteroatoms. The first-order valence-electron chi connectivity index (χ1n) is 6.87. The van der Waals surface area contributed by atoms with E-state index in [9.17, 15) is 10.1 Å². The molecule has 0 unspecified atom stereocenters. The molecule has 0 bridgehead atoms. The number of ether oxygens (including phenoxy) is 1. The molecule has 0 saturated carbocycles. The Balaban J connectivity index is 2.33. The van der Waals surface area contributed by atoms with Gasteiger partial charge in [-0.25, -0.2) is 4.98 Å². The maximum absolute atomic E-state index is 11.0. The first kappa shape index (κ1) is 18.7. The average Bonchev–Trinajstić information content (AvgIpc) is 2.67. The van der Waals surface area contributed by atoms with Gasteiger partial charge in [0.25, 0.3) is 0 Å². The molecular weight excluding hydrogens is 425 g/mol. The van der Waals surface area contributed by atoms with Crippen LogP contribution in [0.2, 0.25) is 35.9 Å². The fourth-order valence-electron chi connectivity index (χ4n) is 1.96. The highest BCUT2D eigenvalue weighted by molar-refractivity contribution is 9.10. The van der Waals surface area contributed by atoms with Gasteiger partial charge in [0, 0.05) is 14.7 Å². The van der Waals surface area contributed by atoms with Gasteiger partial charge in [0.15, 0.2) is 0 Å². The lowest BCUT2D eigenvalue weighted by Gasteiger charge is -2.16. The van der Waals surface area contributed by atoms with Crippen LogP contribution in [0.15, 0.2) is 10.7 Å². The van der Waals surface area contributed by atoms with Crippen molar-refractivity contribution in [1.29, 1.82) is 0 Å². The maximum Gasteiger partial charge on any atom is 0.306 e. The van der Waals surface area contributed by atoms with E-state index in [2.05, 4.69) is 40.6 Å². The molecule has 0 atom stereocenters. The molecule has 126 valence electrons. The molecule has 0 fully saturated rings. The quantitative estimate of drug-likeness (QED) is 0.263. The third-order valence-electron chi connectivity index (χ3n) is 3.28. The van der Waals surface area contributed by atoms with Crippen LogP contribution in [0.1, 0.15) is 0 Å². The minimum absolute atomic E-state index is 0.00891. The number of aromatic nitrogens is 2. The topological polar surface area (TPSA) is 70.2 Å². The summed E-state index contributed by atoms with van der Waals surface area (Å²) in [5.74, 6) is 0. The Morgan fingerprint density at radius 2 is 2.09 bits per heavy atom. The van der Waals surface area contributed by atoms with E-state index in [-0.39, 0.29) is 17.4 Å². The molecule has 2 aromatic rings. The van der Waals surface area contributed by atoms with Gasteiger partial charge >= 0.3 is 5.69 Å². The van der Waals surface area contributed by atoms with Gasteiger partial charge in [-0.05, 0) is 22.0 Å². The van der Waals surface area contributed by atoms with Crippen LogP contribution in [0, 0.1) is 10.1 Å². The van der Waals surface area contributed by atoms with Gasteiger partial charge in [-0.15, -0.1) is 0 Å². The van der Waals surface area contributed by atoms with Crippen molar-refractivity contribution in [3.05, 3.63) is 31.0 Å². The van der Waals surface area contributed by atoms with Gasteiger partial charge < -0.3 is 4.74 Å². The Bertz CT molecular complexity index is 761. The molecule has 0 radical (unpaired) electrons. The predicted octanol–water partition coefficient (Wildman–Crippen LogP) is 5.33. The molecule has 0 aliphatic heterocycles. The summed E-state index contributed by atoms with van der Waals surface area (Å²) in [6, 6.07) is 1.03. The van der Waals surface area contributed by atoms with E-state index in [0.29, 0.717) is 27.3 Å². The molecule has 0 aromatic carbocycles. The standard InChI is InChI=1S/C13H16BrCl2N3O3Si/c1-23(2,3)5-4-22-7-18-12(16)10(14)9-11(15)8(19(20)21)6-17-13(9)18/h6H,4-5,7H2,1-3H3. The van der Waals surface area contributed by atoms with E-state index in [1.807, 2.05) is 0 Å². The number of halogens is 3. The zero-order chi connectivity index (χ0) is 17.4. The Labute approximate surface area is 153 Å². The highest BCUT2D eigenvalue weighted by atomic mass is 79.9. The van der Waals surface area contributed by atoms with E-state index >= 15 is 0 Å². The number of nitrogens with zero attached hydrogens (tertiary/aromatic N) is 3. The molecule has 2 heterocycles. The summed E-state index contributed by atoms with van der Waals surface area (Å²) in [5, 5.41) is 11.8. The van der Waals surface area contributed by atoms with Crippen molar-refractivity contribution in [2.75, 3.05) is 6.61 Å². The number of nitro groups is 1. The molecular formula is C13H16BrCl2N3O3Si. The Morgan fingerprint density at radius 1 is 1.43 bits per heavy atom. The predicted molar refractivity (Wildman–Crippen MR) is 98.2 cm³/mol. The molecule has 0 N–H and O–H groups in total. The monoisotopic (exact) mass is 439 g/mol. The molecule has 6 nitrogen and oxygen atoms in total. The van der Waals surface area contributed by atoms with Gasteiger partial charge in [-0.2, -0.15) is 0 Å². The molecule has 0 aliphatic rings. The van der Waals surface area contributed by atoms with Crippen molar-refractivity contribution >= 4 is 63.9 Å². The summed E-state index contributed by atoms with van der Waals surface area (Å²) >= 11 is 15.7. The summed E-state index contributed by atoms with van der Waals surface area (Å²) in [6.07, 6.45) is 1.13. The second-order valence-electron chi connectivity index (χ2n) is 6.29. The first-order chi connectivity index (χ1) is 10.6. The molecule has 2 rings (SSSR count). The van der Waals surface area contributed by atoms with E-state index in [1.165, 1.54) is 0 Å². The van der Waals surface area contributed by atoms with Gasteiger partial charge in [0.1, 0.15) is 28.8 Å². The van der Waals surface area contributed by atoms with E-state index < -0.39 is 13.0 Å². The fraction of sp³-hybridized carbons (Fsp3) is 0.462. The molecule has 2 aromatic heterocycles. The van der Waals surface area contributed by atoms with Crippen LogP contribution in [0.5, 0.6) is 0 Å². The maximum atomic E-state index is 11.0. The minimum Gasteiger partial charge on any atom is -0.361 e. The minimum atomic E-state index is -1.17. The number of fused-ring (bicyclic) bond motifs is 1. The van der Waals surface area contributed by atoms with Crippen molar-refractivity contribution < 1.29 is 9.66 Å². The summed E-state index contributed by atoms with van der Waals surface area (Å²) < 4.78 is 7.81. The van der Waals surface area contributed by atoms with Crippen molar-refractivity contribution in [1.82, 2.24) is 9.55 Å². The number of hydrogen-bond acceptors (Lipinski definition) is 4. The van der Waals surface area contributed by atoms with Crippen LogP contribution in [0.3, 0.4) is 0 Å². The Morgan fingerprint density at radius 3 is 2.65 bits per heavy atom. The second-order valence-corrected chi connectivity index (χ2v) is 13.4. The lowest BCUT2D eigenvalue weighted by molar-refractivity contribution is -0.384. The molecule has 0 spiro atoms. The van der Waals surface area contributed by atoms with Gasteiger partial charge in [0.05, 0.1) is 14.8 Å². The number of rotatable bonds is 6. The highest BCUT2D eigenvalue weighted by Crippen LogP contribution is 2.41. The molecule has 23 heavy (non-hydrogen) atoms. The fourth-order valence-corrected chi connectivity index (χ4v) is 3.94. The van der Waals surface area contributed by atoms with Crippen LogP contribution in [0.4, 0.5) is 5.69 Å². The van der Waals surface area contributed by atoms with Crippen LogP contribution in [-0.4, -0.2) is 29.2 Å². The largest absolute Gasteiger partial charge is 0.361 e. The number of pyridine rings is 1. The summed E-state index contributed by atoms with van der Waals surface area (Å²) in [7, 11) is -1.17. The summed E-state index contributed by atoms with van der Waals surface area (Å²) in [6.45, 7) is 7.65. The van der Waals surface area contributed by atoms with E-state index in [0.717, 1.165) is 12.2 Å². The normalized spacial score (nSPS) is 12.1. The first-order valence-corrected chi connectivity index (χ1v) is 12.1.